The second-order valence-corrected chi connectivity index (χ2v) is 4.65. The minimum absolute atomic E-state index is 0.0591. The van der Waals surface area contributed by atoms with E-state index < -0.39 is 0 Å². The molecule has 0 aliphatic carbocycles. The fraction of sp³-hybridized carbons (Fsp3) is 0.625. The van der Waals surface area contributed by atoms with E-state index in [1.165, 1.54) is 11.3 Å². The lowest BCUT2D eigenvalue weighted by atomic mass is 9.89. The molecule has 1 heterocycles. The molecule has 0 spiro atoms. The maximum absolute atomic E-state index is 11.7. The first kappa shape index (κ1) is 10.9. The van der Waals surface area contributed by atoms with E-state index in [2.05, 4.69) is 15.5 Å². The third kappa shape index (κ3) is 2.41. The second kappa shape index (κ2) is 3.91. The van der Waals surface area contributed by atoms with E-state index in [-0.39, 0.29) is 11.3 Å². The van der Waals surface area contributed by atoms with Crippen molar-refractivity contribution in [1.82, 2.24) is 10.2 Å². The van der Waals surface area contributed by atoms with Gasteiger partial charge in [0.25, 0.3) is 0 Å². The lowest BCUT2D eigenvalue weighted by Crippen LogP contribution is -2.29. The molecule has 0 saturated carbocycles. The molecule has 0 unspecified atom stereocenters. The number of nitrogens with one attached hydrogen (secondary N) is 1. The summed E-state index contributed by atoms with van der Waals surface area (Å²) in [6.07, 6.45) is 0.771. The van der Waals surface area contributed by atoms with Crippen molar-refractivity contribution in [3.05, 3.63) is 0 Å². The van der Waals surface area contributed by atoms with Gasteiger partial charge in [0, 0.05) is 5.41 Å². The Morgan fingerprint density at radius 3 is 2.64 bits per heavy atom. The van der Waals surface area contributed by atoms with E-state index >= 15 is 0 Å². The third-order valence-corrected chi connectivity index (χ3v) is 2.83. The Morgan fingerprint density at radius 2 is 2.21 bits per heavy atom. The first-order valence-electron chi connectivity index (χ1n) is 4.36. The monoisotopic (exact) mass is 214 g/mol. The molecule has 0 atom stereocenters. The Labute approximate surface area is 86.7 Å². The summed E-state index contributed by atoms with van der Waals surface area (Å²) in [5, 5.41) is 10.8. The van der Waals surface area contributed by atoms with Gasteiger partial charge < -0.3 is 11.1 Å². The number of nitrogen functional groups attached to an aromatic ring is 1. The van der Waals surface area contributed by atoms with Crippen LogP contribution in [0.25, 0.3) is 0 Å². The fourth-order valence-electron chi connectivity index (χ4n) is 0.712. The zero-order valence-electron chi connectivity index (χ0n) is 8.50. The highest BCUT2D eigenvalue weighted by Gasteiger charge is 2.26. The van der Waals surface area contributed by atoms with Gasteiger partial charge in [-0.05, 0) is 6.42 Å². The Hall–Kier alpha value is -1.17. The molecule has 0 saturated heterocycles. The fourth-order valence-corrected chi connectivity index (χ4v) is 1.22. The van der Waals surface area contributed by atoms with Crippen molar-refractivity contribution >= 4 is 27.5 Å². The Morgan fingerprint density at radius 1 is 1.57 bits per heavy atom. The van der Waals surface area contributed by atoms with Gasteiger partial charge in [-0.15, -0.1) is 10.2 Å². The first-order chi connectivity index (χ1) is 6.45. The van der Waals surface area contributed by atoms with Crippen LogP contribution < -0.4 is 11.1 Å². The van der Waals surface area contributed by atoms with Crippen LogP contribution >= 0.6 is 11.3 Å². The lowest BCUT2D eigenvalue weighted by molar-refractivity contribution is -0.124. The Bertz CT molecular complexity index is 334. The summed E-state index contributed by atoms with van der Waals surface area (Å²) in [4.78, 5) is 11.7. The molecule has 14 heavy (non-hydrogen) atoms. The average Bonchev–Trinajstić information content (AvgIpc) is 2.51. The number of carbonyl (C=O) groups excluding carboxylic acids is 1. The maximum atomic E-state index is 11.7. The highest BCUT2D eigenvalue weighted by atomic mass is 32.1. The number of nitrogens with zero attached hydrogens (tertiary/aromatic N) is 2. The molecule has 0 aromatic carbocycles. The van der Waals surface area contributed by atoms with Crippen molar-refractivity contribution in [2.45, 2.75) is 27.2 Å². The van der Waals surface area contributed by atoms with Crippen LogP contribution in [0.15, 0.2) is 0 Å². The van der Waals surface area contributed by atoms with Crippen molar-refractivity contribution in [2.24, 2.45) is 5.41 Å². The first-order valence-corrected chi connectivity index (χ1v) is 5.18. The molecule has 0 aliphatic heterocycles. The number of aromatic nitrogens is 2. The van der Waals surface area contributed by atoms with Crippen molar-refractivity contribution in [1.29, 1.82) is 0 Å². The van der Waals surface area contributed by atoms with Gasteiger partial charge >= 0.3 is 0 Å². The SMILES string of the molecule is CCC(C)(C)C(=O)Nc1nnc(N)s1. The molecule has 6 heteroatoms. The highest BCUT2D eigenvalue weighted by molar-refractivity contribution is 7.18. The summed E-state index contributed by atoms with van der Waals surface area (Å²) in [5.41, 5.74) is 5.00. The van der Waals surface area contributed by atoms with Crippen LogP contribution in [0.4, 0.5) is 10.3 Å². The van der Waals surface area contributed by atoms with Gasteiger partial charge in [-0.2, -0.15) is 0 Å². The van der Waals surface area contributed by atoms with Crippen molar-refractivity contribution < 1.29 is 4.79 Å². The van der Waals surface area contributed by atoms with Gasteiger partial charge in [-0.1, -0.05) is 32.1 Å². The highest BCUT2D eigenvalue weighted by Crippen LogP contribution is 2.24. The summed E-state index contributed by atoms with van der Waals surface area (Å²) in [5.74, 6) is -0.0591. The van der Waals surface area contributed by atoms with E-state index in [0.29, 0.717) is 10.3 Å². The van der Waals surface area contributed by atoms with Crippen molar-refractivity contribution in [3.8, 4) is 0 Å². The normalized spacial score (nSPS) is 11.4. The average molecular weight is 214 g/mol. The van der Waals surface area contributed by atoms with Gasteiger partial charge in [-0.3, -0.25) is 4.79 Å². The van der Waals surface area contributed by atoms with Crippen LogP contribution in [0.1, 0.15) is 27.2 Å². The van der Waals surface area contributed by atoms with Crippen molar-refractivity contribution in [2.75, 3.05) is 11.1 Å². The minimum Gasteiger partial charge on any atom is -0.374 e. The standard InChI is InChI=1S/C8H14N4OS/c1-4-8(2,3)5(13)10-7-12-11-6(9)14-7/h4H2,1-3H3,(H2,9,11)(H,10,12,13). The van der Waals surface area contributed by atoms with Gasteiger partial charge in [0.15, 0.2) is 0 Å². The van der Waals surface area contributed by atoms with Crippen LogP contribution in [-0.2, 0) is 4.79 Å². The zero-order valence-corrected chi connectivity index (χ0v) is 9.31. The van der Waals surface area contributed by atoms with E-state index in [0.717, 1.165) is 6.42 Å². The van der Waals surface area contributed by atoms with Crippen LogP contribution in [0, 0.1) is 5.41 Å². The van der Waals surface area contributed by atoms with E-state index in [9.17, 15) is 4.79 Å². The largest absolute Gasteiger partial charge is 0.374 e. The third-order valence-electron chi connectivity index (χ3n) is 2.16. The number of anilines is 2. The van der Waals surface area contributed by atoms with Gasteiger partial charge in [0.1, 0.15) is 0 Å². The van der Waals surface area contributed by atoms with E-state index in [4.69, 9.17) is 5.73 Å². The van der Waals surface area contributed by atoms with Crippen LogP contribution in [0.5, 0.6) is 0 Å². The smallest absolute Gasteiger partial charge is 0.231 e. The Kier molecular flexibility index (Phi) is 3.05. The summed E-state index contributed by atoms with van der Waals surface area (Å²) in [6.45, 7) is 5.73. The molecule has 5 nitrogen and oxygen atoms in total. The maximum Gasteiger partial charge on any atom is 0.231 e. The van der Waals surface area contributed by atoms with E-state index in [1.807, 2.05) is 20.8 Å². The van der Waals surface area contributed by atoms with Gasteiger partial charge in [0.05, 0.1) is 0 Å². The molecular formula is C8H14N4OS. The summed E-state index contributed by atoms with van der Waals surface area (Å²) in [6, 6.07) is 0. The molecule has 0 radical (unpaired) electrons. The lowest BCUT2D eigenvalue weighted by Gasteiger charge is -2.19. The predicted molar refractivity (Wildman–Crippen MR) is 57.0 cm³/mol. The van der Waals surface area contributed by atoms with Crippen LogP contribution in [-0.4, -0.2) is 16.1 Å². The molecule has 0 bridgehead atoms. The molecule has 1 aromatic heterocycles. The number of hydrogen-bond donors (Lipinski definition) is 2. The molecular weight excluding hydrogens is 200 g/mol. The molecule has 1 aromatic rings. The molecule has 3 N–H and O–H groups in total. The topological polar surface area (TPSA) is 80.9 Å². The molecule has 0 aliphatic rings. The number of nitrogens with two attached hydrogens (primary N) is 1. The van der Waals surface area contributed by atoms with Crippen molar-refractivity contribution in [3.63, 3.8) is 0 Å². The summed E-state index contributed by atoms with van der Waals surface area (Å²) in [7, 11) is 0. The molecule has 78 valence electrons. The van der Waals surface area contributed by atoms with Crippen LogP contribution in [0.3, 0.4) is 0 Å². The Balaban J connectivity index is 2.66. The van der Waals surface area contributed by atoms with E-state index in [1.54, 1.807) is 0 Å². The van der Waals surface area contributed by atoms with Gasteiger partial charge in [0.2, 0.25) is 16.2 Å². The van der Waals surface area contributed by atoms with Gasteiger partial charge in [-0.25, -0.2) is 0 Å². The molecule has 1 amide bonds. The predicted octanol–water partition coefficient (Wildman–Crippen LogP) is 1.49. The van der Waals surface area contributed by atoms with Crippen LogP contribution in [0.2, 0.25) is 0 Å². The number of rotatable bonds is 3. The number of hydrogen-bond acceptors (Lipinski definition) is 5. The quantitative estimate of drug-likeness (QED) is 0.798. The number of carbonyl (C=O) groups is 1. The molecule has 0 fully saturated rings. The minimum atomic E-state index is -0.388. The summed E-state index contributed by atoms with van der Waals surface area (Å²) < 4.78 is 0. The second-order valence-electron chi connectivity index (χ2n) is 3.64. The number of amides is 1. The molecule has 1 rings (SSSR count). The summed E-state index contributed by atoms with van der Waals surface area (Å²) >= 11 is 1.17. The zero-order chi connectivity index (χ0) is 10.8.